The Morgan fingerprint density at radius 1 is 1.20 bits per heavy atom. The summed E-state index contributed by atoms with van der Waals surface area (Å²) >= 11 is 0. The molecule has 15 heavy (non-hydrogen) atoms. The first-order valence-corrected chi connectivity index (χ1v) is 4.25. The summed E-state index contributed by atoms with van der Waals surface area (Å²) in [6.45, 7) is 0.334. The zero-order chi connectivity index (χ0) is 11.3. The van der Waals surface area contributed by atoms with Gasteiger partial charge in [0.05, 0.1) is 19.3 Å². The molecule has 4 heteroatoms. The first-order valence-electron chi connectivity index (χ1n) is 4.25. The Hall–Kier alpha value is -1.29. The average molecular weight is 215 g/mol. The van der Waals surface area contributed by atoms with Gasteiger partial charge in [0, 0.05) is 0 Å². The highest BCUT2D eigenvalue weighted by atomic mass is 19.4. The molecular weight excluding hydrogens is 205 g/mol. The lowest BCUT2D eigenvalue weighted by molar-refractivity contribution is -0.137. The van der Waals surface area contributed by atoms with Crippen molar-refractivity contribution in [3.05, 3.63) is 48.6 Å². The van der Waals surface area contributed by atoms with E-state index in [1.165, 1.54) is 12.1 Å². The topological polar surface area (TPSA) is 9.23 Å². The molecule has 0 N–H and O–H groups in total. The monoisotopic (exact) mass is 215 g/mol. The van der Waals surface area contributed by atoms with Crippen LogP contribution in [0.15, 0.2) is 30.3 Å². The lowest BCUT2D eigenvalue weighted by Gasteiger charge is -2.05. The molecule has 1 nitrogen and oxygen atoms in total. The van der Waals surface area contributed by atoms with E-state index in [4.69, 9.17) is 0 Å². The zero-order valence-electron chi connectivity index (χ0n) is 7.92. The number of hydrogen-bond acceptors (Lipinski definition) is 1. The van der Waals surface area contributed by atoms with E-state index in [1.807, 2.05) is 0 Å². The van der Waals surface area contributed by atoms with Crippen molar-refractivity contribution in [1.82, 2.24) is 0 Å². The van der Waals surface area contributed by atoms with Crippen LogP contribution in [-0.2, 0) is 10.9 Å². The summed E-state index contributed by atoms with van der Waals surface area (Å²) in [4.78, 5) is 0. The molecule has 1 radical (unpaired) electrons. The van der Waals surface area contributed by atoms with Crippen molar-refractivity contribution >= 4 is 6.08 Å². The van der Waals surface area contributed by atoms with Gasteiger partial charge in [-0.25, -0.2) is 0 Å². The van der Waals surface area contributed by atoms with E-state index in [0.717, 1.165) is 12.1 Å². The fourth-order valence-electron chi connectivity index (χ4n) is 1.04. The van der Waals surface area contributed by atoms with Crippen molar-refractivity contribution in [3.63, 3.8) is 0 Å². The summed E-state index contributed by atoms with van der Waals surface area (Å²) in [5.74, 6) is 0. The largest absolute Gasteiger partial charge is 0.416 e. The number of ether oxygens (including phenoxy) is 1. The summed E-state index contributed by atoms with van der Waals surface area (Å²) in [5, 5.41) is 0. The summed E-state index contributed by atoms with van der Waals surface area (Å²) in [5.41, 5.74) is 0.0492. The van der Waals surface area contributed by atoms with Gasteiger partial charge < -0.3 is 4.74 Å². The molecular formula is C11H10F3O. The van der Waals surface area contributed by atoms with Crippen molar-refractivity contribution in [1.29, 1.82) is 0 Å². The van der Waals surface area contributed by atoms with Crippen LogP contribution in [0.25, 0.3) is 6.08 Å². The lowest BCUT2D eigenvalue weighted by Crippen LogP contribution is -2.03. The summed E-state index contributed by atoms with van der Waals surface area (Å²) in [6, 6.07) is 4.90. The molecule has 0 saturated heterocycles. The first-order chi connectivity index (χ1) is 7.04. The van der Waals surface area contributed by atoms with E-state index >= 15 is 0 Å². The van der Waals surface area contributed by atoms with Crippen molar-refractivity contribution in [2.45, 2.75) is 6.18 Å². The maximum absolute atomic E-state index is 12.2. The maximum Gasteiger partial charge on any atom is 0.416 e. The molecule has 0 unspecified atom stereocenters. The highest BCUT2D eigenvalue weighted by Gasteiger charge is 2.29. The second-order valence-electron chi connectivity index (χ2n) is 2.89. The Morgan fingerprint density at radius 2 is 1.80 bits per heavy atom. The molecule has 0 saturated carbocycles. The van der Waals surface area contributed by atoms with Gasteiger partial charge >= 0.3 is 6.18 Å². The molecule has 1 aromatic carbocycles. The SMILES string of the molecule is [CH2]OC/C=C/c1ccc(C(F)(F)F)cc1. The number of alkyl halides is 3. The number of hydrogen-bond donors (Lipinski definition) is 0. The van der Waals surface area contributed by atoms with Gasteiger partial charge in [0.15, 0.2) is 0 Å². The van der Waals surface area contributed by atoms with E-state index < -0.39 is 11.7 Å². The molecule has 1 aromatic rings. The minimum absolute atomic E-state index is 0.334. The molecule has 1 rings (SSSR count). The van der Waals surface area contributed by atoms with Crippen molar-refractivity contribution in [2.75, 3.05) is 6.61 Å². The quantitative estimate of drug-likeness (QED) is 0.749. The number of benzene rings is 1. The van der Waals surface area contributed by atoms with Gasteiger partial charge in [-0.15, -0.1) is 0 Å². The van der Waals surface area contributed by atoms with E-state index in [1.54, 1.807) is 12.2 Å². The number of rotatable bonds is 3. The molecule has 0 aliphatic carbocycles. The van der Waals surface area contributed by atoms with Gasteiger partial charge in [0.25, 0.3) is 0 Å². The second-order valence-corrected chi connectivity index (χ2v) is 2.89. The average Bonchev–Trinajstić information content (AvgIpc) is 2.18. The first kappa shape index (κ1) is 11.8. The summed E-state index contributed by atoms with van der Waals surface area (Å²) < 4.78 is 41.1. The van der Waals surface area contributed by atoms with Crippen LogP contribution in [0.4, 0.5) is 13.2 Å². The fourth-order valence-corrected chi connectivity index (χ4v) is 1.04. The Bertz CT molecular complexity index is 325. The fraction of sp³-hybridized carbons (Fsp3) is 0.182. The van der Waals surface area contributed by atoms with Crippen LogP contribution in [0.3, 0.4) is 0 Å². The summed E-state index contributed by atoms with van der Waals surface area (Å²) in [6.07, 6.45) is -0.931. The molecule has 0 spiro atoms. The molecule has 81 valence electrons. The molecule has 0 aromatic heterocycles. The van der Waals surface area contributed by atoms with Crippen LogP contribution in [-0.4, -0.2) is 6.61 Å². The third-order valence-electron chi connectivity index (χ3n) is 1.76. The van der Waals surface area contributed by atoms with E-state index in [9.17, 15) is 13.2 Å². The second kappa shape index (κ2) is 4.98. The van der Waals surface area contributed by atoms with Crippen LogP contribution in [0.1, 0.15) is 11.1 Å². The van der Waals surface area contributed by atoms with Gasteiger partial charge in [-0.05, 0) is 17.7 Å². The van der Waals surface area contributed by atoms with E-state index in [0.29, 0.717) is 12.2 Å². The summed E-state index contributed by atoms with van der Waals surface area (Å²) in [7, 11) is 3.16. The lowest BCUT2D eigenvalue weighted by atomic mass is 10.1. The van der Waals surface area contributed by atoms with Crippen LogP contribution in [0.5, 0.6) is 0 Å². The smallest absolute Gasteiger partial charge is 0.375 e. The Morgan fingerprint density at radius 3 is 2.27 bits per heavy atom. The molecule has 0 atom stereocenters. The van der Waals surface area contributed by atoms with Crippen molar-refractivity contribution < 1.29 is 17.9 Å². The standard InChI is InChI=1S/C11H10F3O/c1-15-8-2-3-9-4-6-10(7-5-9)11(12,13)14/h2-7H,1,8H2/b3-2+. The van der Waals surface area contributed by atoms with Gasteiger partial charge in [0.1, 0.15) is 0 Å². The highest BCUT2D eigenvalue weighted by Crippen LogP contribution is 2.29. The number of halogens is 3. The van der Waals surface area contributed by atoms with Gasteiger partial charge in [-0.1, -0.05) is 24.3 Å². The molecule has 0 heterocycles. The predicted molar refractivity (Wildman–Crippen MR) is 51.8 cm³/mol. The Kier molecular flexibility index (Phi) is 3.91. The molecule has 0 amide bonds. The van der Waals surface area contributed by atoms with E-state index in [-0.39, 0.29) is 0 Å². The van der Waals surface area contributed by atoms with Crippen LogP contribution < -0.4 is 0 Å². The highest BCUT2D eigenvalue weighted by molar-refractivity contribution is 5.49. The van der Waals surface area contributed by atoms with Crippen LogP contribution >= 0.6 is 0 Å². The van der Waals surface area contributed by atoms with Gasteiger partial charge in [-0.3, -0.25) is 0 Å². The molecule has 0 fully saturated rings. The normalized spacial score (nSPS) is 12.3. The van der Waals surface area contributed by atoms with Crippen molar-refractivity contribution in [2.24, 2.45) is 0 Å². The van der Waals surface area contributed by atoms with E-state index in [2.05, 4.69) is 11.8 Å². The van der Waals surface area contributed by atoms with Crippen LogP contribution in [0, 0.1) is 7.11 Å². The third kappa shape index (κ3) is 3.75. The Balaban J connectivity index is 2.73. The minimum Gasteiger partial charge on any atom is -0.375 e. The Labute approximate surface area is 86.2 Å². The van der Waals surface area contributed by atoms with Crippen LogP contribution in [0.2, 0.25) is 0 Å². The molecule has 0 bridgehead atoms. The molecule has 0 aliphatic heterocycles. The van der Waals surface area contributed by atoms with Gasteiger partial charge in [0.2, 0.25) is 0 Å². The minimum atomic E-state index is -4.28. The van der Waals surface area contributed by atoms with Crippen molar-refractivity contribution in [3.8, 4) is 0 Å². The third-order valence-corrected chi connectivity index (χ3v) is 1.76. The molecule has 0 aliphatic rings. The van der Waals surface area contributed by atoms with Gasteiger partial charge in [-0.2, -0.15) is 13.2 Å². The zero-order valence-corrected chi connectivity index (χ0v) is 7.92. The maximum atomic E-state index is 12.2. The predicted octanol–water partition coefficient (Wildman–Crippen LogP) is 3.53.